The van der Waals surface area contributed by atoms with Gasteiger partial charge in [-0.25, -0.2) is 0 Å². The van der Waals surface area contributed by atoms with Crippen molar-refractivity contribution < 1.29 is 9.47 Å². The Morgan fingerprint density at radius 2 is 2.00 bits per heavy atom. The molecule has 106 valence electrons. The number of ether oxygens (including phenoxy) is 2. The maximum Gasteiger partial charge on any atom is 0.123 e. The summed E-state index contributed by atoms with van der Waals surface area (Å²) in [4.78, 5) is 0. The van der Waals surface area contributed by atoms with Gasteiger partial charge in [0.25, 0.3) is 0 Å². The van der Waals surface area contributed by atoms with Crippen molar-refractivity contribution in [1.29, 1.82) is 0 Å². The lowest BCUT2D eigenvalue weighted by atomic mass is 10.1. The third kappa shape index (κ3) is 3.99. The third-order valence-corrected chi connectivity index (χ3v) is 3.46. The van der Waals surface area contributed by atoms with Gasteiger partial charge in [0, 0.05) is 4.47 Å². The second kappa shape index (κ2) is 7.31. The molecule has 0 aromatic heterocycles. The topological polar surface area (TPSA) is 44.5 Å². The largest absolute Gasteiger partial charge is 0.497 e. The van der Waals surface area contributed by atoms with E-state index >= 15 is 0 Å². The normalized spacial score (nSPS) is 10.3. The number of hydrogen-bond acceptors (Lipinski definition) is 3. The number of benzene rings is 2. The summed E-state index contributed by atoms with van der Waals surface area (Å²) in [6.07, 6.45) is 0.769. The Morgan fingerprint density at radius 3 is 2.70 bits per heavy atom. The van der Waals surface area contributed by atoms with E-state index in [4.69, 9.17) is 15.2 Å². The fourth-order valence-electron chi connectivity index (χ4n) is 1.96. The molecule has 0 aliphatic carbocycles. The lowest BCUT2D eigenvalue weighted by molar-refractivity contribution is 0.302. The summed E-state index contributed by atoms with van der Waals surface area (Å²) in [5.74, 6) is 1.68. The number of rotatable bonds is 6. The molecule has 0 aliphatic heterocycles. The Kier molecular flexibility index (Phi) is 5.44. The van der Waals surface area contributed by atoms with Crippen LogP contribution in [0.5, 0.6) is 11.5 Å². The van der Waals surface area contributed by atoms with Crippen LogP contribution in [0.2, 0.25) is 0 Å². The molecule has 0 atom stereocenters. The lowest BCUT2D eigenvalue weighted by Gasteiger charge is -2.12. The molecule has 0 heterocycles. The predicted molar refractivity (Wildman–Crippen MR) is 84.2 cm³/mol. The van der Waals surface area contributed by atoms with E-state index in [0.29, 0.717) is 13.2 Å². The molecule has 0 fully saturated rings. The van der Waals surface area contributed by atoms with Crippen LogP contribution in [-0.2, 0) is 13.0 Å². The zero-order valence-corrected chi connectivity index (χ0v) is 13.0. The van der Waals surface area contributed by atoms with Crippen molar-refractivity contribution in [1.82, 2.24) is 0 Å². The van der Waals surface area contributed by atoms with Crippen molar-refractivity contribution in [2.45, 2.75) is 13.0 Å². The van der Waals surface area contributed by atoms with Crippen LogP contribution in [0.25, 0.3) is 0 Å². The fraction of sp³-hybridized carbons (Fsp3) is 0.250. The van der Waals surface area contributed by atoms with E-state index < -0.39 is 0 Å². The summed E-state index contributed by atoms with van der Waals surface area (Å²) >= 11 is 3.46. The molecule has 0 aliphatic rings. The molecule has 4 heteroatoms. The Morgan fingerprint density at radius 1 is 1.15 bits per heavy atom. The van der Waals surface area contributed by atoms with Gasteiger partial charge in [-0.05, 0) is 54.4 Å². The van der Waals surface area contributed by atoms with Crippen LogP contribution in [-0.4, -0.2) is 13.7 Å². The average Bonchev–Trinajstić information content (AvgIpc) is 2.46. The molecule has 2 aromatic rings. The quantitative estimate of drug-likeness (QED) is 0.878. The average molecular weight is 336 g/mol. The summed E-state index contributed by atoms with van der Waals surface area (Å²) in [5, 5.41) is 0. The van der Waals surface area contributed by atoms with E-state index in [0.717, 1.165) is 33.5 Å². The SMILES string of the molecule is COc1ccc(OCc2cccc(Br)c2)c(CCN)c1. The predicted octanol–water partition coefficient (Wildman–Crippen LogP) is 3.54. The van der Waals surface area contributed by atoms with Crippen molar-refractivity contribution >= 4 is 15.9 Å². The number of hydrogen-bond donors (Lipinski definition) is 1. The zero-order chi connectivity index (χ0) is 14.4. The number of nitrogens with two attached hydrogens (primary N) is 1. The molecular weight excluding hydrogens is 318 g/mol. The summed E-state index contributed by atoms with van der Waals surface area (Å²) in [6.45, 7) is 1.11. The second-order valence-corrected chi connectivity index (χ2v) is 5.35. The summed E-state index contributed by atoms with van der Waals surface area (Å²) < 4.78 is 12.2. The van der Waals surface area contributed by atoms with E-state index in [1.54, 1.807) is 7.11 Å². The van der Waals surface area contributed by atoms with Crippen LogP contribution in [0.15, 0.2) is 46.9 Å². The Bertz CT molecular complexity index is 572. The van der Waals surface area contributed by atoms with Crippen molar-refractivity contribution in [2.75, 3.05) is 13.7 Å². The van der Waals surface area contributed by atoms with Crippen molar-refractivity contribution in [2.24, 2.45) is 5.73 Å². The van der Waals surface area contributed by atoms with E-state index in [2.05, 4.69) is 15.9 Å². The van der Waals surface area contributed by atoms with Crippen LogP contribution in [0, 0.1) is 0 Å². The smallest absolute Gasteiger partial charge is 0.123 e. The van der Waals surface area contributed by atoms with Gasteiger partial charge in [-0.2, -0.15) is 0 Å². The van der Waals surface area contributed by atoms with Crippen molar-refractivity contribution in [3.8, 4) is 11.5 Å². The molecule has 2 rings (SSSR count). The van der Waals surface area contributed by atoms with Gasteiger partial charge in [0.05, 0.1) is 7.11 Å². The highest BCUT2D eigenvalue weighted by molar-refractivity contribution is 9.10. The van der Waals surface area contributed by atoms with Crippen LogP contribution >= 0.6 is 15.9 Å². The monoisotopic (exact) mass is 335 g/mol. The van der Waals surface area contributed by atoms with Crippen LogP contribution in [0.4, 0.5) is 0 Å². The molecular formula is C16H18BrNO2. The maximum absolute atomic E-state index is 5.90. The minimum absolute atomic E-state index is 0.531. The Balaban J connectivity index is 2.12. The summed E-state index contributed by atoms with van der Waals surface area (Å²) in [7, 11) is 1.66. The second-order valence-electron chi connectivity index (χ2n) is 4.43. The Hall–Kier alpha value is -1.52. The highest BCUT2D eigenvalue weighted by atomic mass is 79.9. The minimum Gasteiger partial charge on any atom is -0.497 e. The van der Waals surface area contributed by atoms with Crippen LogP contribution in [0.3, 0.4) is 0 Å². The first kappa shape index (κ1) is 14.9. The van der Waals surface area contributed by atoms with Gasteiger partial charge in [0.2, 0.25) is 0 Å². The first-order valence-corrected chi connectivity index (χ1v) is 7.26. The molecule has 0 unspecified atom stereocenters. The summed E-state index contributed by atoms with van der Waals surface area (Å²) in [6, 6.07) is 13.9. The van der Waals surface area contributed by atoms with E-state index in [-0.39, 0.29) is 0 Å². The van der Waals surface area contributed by atoms with Gasteiger partial charge in [-0.3, -0.25) is 0 Å². The molecule has 0 amide bonds. The van der Waals surface area contributed by atoms with Gasteiger partial charge in [0.15, 0.2) is 0 Å². The van der Waals surface area contributed by atoms with Crippen LogP contribution < -0.4 is 15.2 Å². The molecule has 20 heavy (non-hydrogen) atoms. The lowest BCUT2D eigenvalue weighted by Crippen LogP contribution is -2.06. The molecule has 0 bridgehead atoms. The first-order chi connectivity index (χ1) is 9.72. The molecule has 0 radical (unpaired) electrons. The van der Waals surface area contributed by atoms with Gasteiger partial charge >= 0.3 is 0 Å². The molecule has 0 saturated carbocycles. The maximum atomic E-state index is 5.90. The standard InChI is InChI=1S/C16H18BrNO2/c1-19-15-5-6-16(13(10-15)7-8-18)20-11-12-3-2-4-14(17)9-12/h2-6,9-10H,7-8,11,18H2,1H3. The molecule has 3 nitrogen and oxygen atoms in total. The molecule has 0 saturated heterocycles. The van der Waals surface area contributed by atoms with E-state index in [9.17, 15) is 0 Å². The van der Waals surface area contributed by atoms with Gasteiger partial charge < -0.3 is 15.2 Å². The van der Waals surface area contributed by atoms with Gasteiger partial charge in [-0.1, -0.05) is 28.1 Å². The van der Waals surface area contributed by atoms with Crippen molar-refractivity contribution in [3.05, 3.63) is 58.1 Å². The van der Waals surface area contributed by atoms with E-state index in [1.807, 2.05) is 42.5 Å². The van der Waals surface area contributed by atoms with Gasteiger partial charge in [-0.15, -0.1) is 0 Å². The minimum atomic E-state index is 0.531. The Labute approximate surface area is 127 Å². The number of methoxy groups -OCH3 is 1. The molecule has 2 aromatic carbocycles. The highest BCUT2D eigenvalue weighted by Crippen LogP contribution is 2.25. The number of halogens is 1. The molecule has 0 spiro atoms. The zero-order valence-electron chi connectivity index (χ0n) is 11.4. The fourth-order valence-corrected chi connectivity index (χ4v) is 2.41. The molecule has 2 N–H and O–H groups in total. The van der Waals surface area contributed by atoms with Gasteiger partial charge in [0.1, 0.15) is 18.1 Å². The van der Waals surface area contributed by atoms with Crippen molar-refractivity contribution in [3.63, 3.8) is 0 Å². The first-order valence-electron chi connectivity index (χ1n) is 6.47. The third-order valence-electron chi connectivity index (χ3n) is 2.96. The highest BCUT2D eigenvalue weighted by Gasteiger charge is 2.06. The van der Waals surface area contributed by atoms with E-state index in [1.165, 1.54) is 0 Å². The summed E-state index contributed by atoms with van der Waals surface area (Å²) in [5.41, 5.74) is 7.84. The van der Waals surface area contributed by atoms with Crippen LogP contribution in [0.1, 0.15) is 11.1 Å².